The first-order chi connectivity index (χ1) is 10.7. The molecule has 7 nitrogen and oxygen atoms in total. The quantitative estimate of drug-likeness (QED) is 0.739. The molecule has 23 heavy (non-hydrogen) atoms. The Morgan fingerprint density at radius 2 is 2.09 bits per heavy atom. The van der Waals surface area contributed by atoms with Crippen LogP contribution in [0.15, 0.2) is 12.3 Å². The van der Waals surface area contributed by atoms with Crippen LogP contribution in [0.3, 0.4) is 0 Å². The highest BCUT2D eigenvalue weighted by Gasteiger charge is 2.25. The summed E-state index contributed by atoms with van der Waals surface area (Å²) in [5, 5.41) is 13.2. The van der Waals surface area contributed by atoms with E-state index in [9.17, 15) is 9.59 Å². The molecule has 1 heterocycles. The van der Waals surface area contributed by atoms with E-state index < -0.39 is 17.4 Å². The highest BCUT2D eigenvalue weighted by Crippen LogP contribution is 2.23. The van der Waals surface area contributed by atoms with Crippen molar-refractivity contribution in [2.45, 2.75) is 34.6 Å². The minimum Gasteiger partial charge on any atom is -0.481 e. The molecule has 0 aliphatic rings. The molecule has 0 amide bonds. The van der Waals surface area contributed by atoms with Crippen molar-refractivity contribution in [1.82, 2.24) is 9.78 Å². The largest absolute Gasteiger partial charge is 0.481 e. The van der Waals surface area contributed by atoms with Crippen LogP contribution in [0.25, 0.3) is 6.20 Å². The number of aromatic nitrogens is 2. The van der Waals surface area contributed by atoms with Crippen LogP contribution in [0.1, 0.15) is 45.0 Å². The van der Waals surface area contributed by atoms with Gasteiger partial charge in [0, 0.05) is 6.20 Å². The van der Waals surface area contributed by atoms with Gasteiger partial charge in [0.25, 0.3) is 0 Å². The molecule has 1 aromatic heterocycles. The van der Waals surface area contributed by atoms with Crippen molar-refractivity contribution in [1.29, 1.82) is 0 Å². The number of carboxylic acid groups (broad SMARTS) is 1. The zero-order chi connectivity index (χ0) is 17.6. The lowest BCUT2D eigenvalue weighted by Crippen LogP contribution is -2.20. The van der Waals surface area contributed by atoms with Gasteiger partial charge in [-0.15, -0.1) is 0 Å². The standard InChI is InChI=1S/C16H24N2O5/c1-6-22-14(19)12-9-17-18(13(12)23-10-11(2)3)8-7-16(4,5)15(20)21/h7-9,11H,6,10H2,1-5H3,(H,20,21). The molecule has 0 aromatic carbocycles. The van der Waals surface area contributed by atoms with Gasteiger partial charge in [-0.25, -0.2) is 9.48 Å². The lowest BCUT2D eigenvalue weighted by Gasteiger charge is -2.14. The maximum absolute atomic E-state index is 12.0. The fraction of sp³-hybridized carbons (Fsp3) is 0.562. The Bertz CT molecular complexity index is 587. The predicted octanol–water partition coefficient (Wildman–Crippen LogP) is 2.68. The van der Waals surface area contributed by atoms with Gasteiger partial charge in [-0.3, -0.25) is 4.79 Å². The van der Waals surface area contributed by atoms with E-state index >= 15 is 0 Å². The highest BCUT2D eigenvalue weighted by molar-refractivity contribution is 5.92. The Labute approximate surface area is 135 Å². The summed E-state index contributed by atoms with van der Waals surface area (Å²) < 4.78 is 12.0. The number of carboxylic acids is 1. The third-order valence-corrected chi connectivity index (χ3v) is 2.98. The molecule has 1 rings (SSSR count). The van der Waals surface area contributed by atoms with E-state index in [0.717, 1.165) is 0 Å². The SMILES string of the molecule is CCOC(=O)c1cnn(C=CC(C)(C)C(=O)O)c1OCC(C)C. The summed E-state index contributed by atoms with van der Waals surface area (Å²) in [4.78, 5) is 23.1. The molecule has 0 spiro atoms. The molecule has 1 N–H and O–H groups in total. The number of hydrogen-bond acceptors (Lipinski definition) is 5. The molecule has 0 fully saturated rings. The van der Waals surface area contributed by atoms with Crippen molar-refractivity contribution >= 4 is 18.1 Å². The molecule has 0 saturated carbocycles. The summed E-state index contributed by atoms with van der Waals surface area (Å²) >= 11 is 0. The summed E-state index contributed by atoms with van der Waals surface area (Å²) in [6.45, 7) is 9.45. The fourth-order valence-corrected chi connectivity index (χ4v) is 1.52. The van der Waals surface area contributed by atoms with Crippen LogP contribution < -0.4 is 4.74 Å². The number of rotatable bonds is 8. The van der Waals surface area contributed by atoms with Crippen molar-refractivity contribution in [2.24, 2.45) is 11.3 Å². The Morgan fingerprint density at radius 3 is 2.61 bits per heavy atom. The molecular weight excluding hydrogens is 300 g/mol. The maximum Gasteiger partial charge on any atom is 0.345 e. The first-order valence-electron chi connectivity index (χ1n) is 7.49. The van der Waals surface area contributed by atoms with Crippen molar-refractivity contribution in [3.63, 3.8) is 0 Å². The predicted molar refractivity (Wildman–Crippen MR) is 85.3 cm³/mol. The molecule has 0 aliphatic carbocycles. The molecule has 0 bridgehead atoms. The molecule has 0 radical (unpaired) electrons. The molecule has 0 aliphatic heterocycles. The fourth-order valence-electron chi connectivity index (χ4n) is 1.52. The molecule has 0 atom stereocenters. The monoisotopic (exact) mass is 324 g/mol. The van der Waals surface area contributed by atoms with Gasteiger partial charge in [0.15, 0.2) is 0 Å². The maximum atomic E-state index is 12.0. The summed E-state index contributed by atoms with van der Waals surface area (Å²) in [7, 11) is 0. The van der Waals surface area contributed by atoms with Crippen LogP contribution in [0.4, 0.5) is 0 Å². The minimum absolute atomic E-state index is 0.213. The Hall–Kier alpha value is -2.31. The Morgan fingerprint density at radius 1 is 1.43 bits per heavy atom. The van der Waals surface area contributed by atoms with E-state index in [1.54, 1.807) is 20.8 Å². The van der Waals surface area contributed by atoms with E-state index in [2.05, 4.69) is 5.10 Å². The Balaban J connectivity index is 3.13. The molecular formula is C16H24N2O5. The van der Waals surface area contributed by atoms with E-state index in [-0.39, 0.29) is 24.0 Å². The normalized spacial score (nSPS) is 11.9. The van der Waals surface area contributed by atoms with Crippen molar-refractivity contribution in [2.75, 3.05) is 13.2 Å². The van der Waals surface area contributed by atoms with Gasteiger partial charge in [0.1, 0.15) is 5.56 Å². The molecule has 0 saturated heterocycles. The molecule has 1 aromatic rings. The summed E-state index contributed by atoms with van der Waals surface area (Å²) in [6, 6.07) is 0. The number of hydrogen-bond donors (Lipinski definition) is 1. The van der Waals surface area contributed by atoms with Crippen molar-refractivity contribution < 1.29 is 24.2 Å². The average Bonchev–Trinajstić information content (AvgIpc) is 2.86. The van der Waals surface area contributed by atoms with Gasteiger partial charge in [0.2, 0.25) is 5.88 Å². The topological polar surface area (TPSA) is 90.7 Å². The average molecular weight is 324 g/mol. The van der Waals surface area contributed by atoms with Crippen molar-refractivity contribution in [3.05, 3.63) is 17.8 Å². The van der Waals surface area contributed by atoms with Gasteiger partial charge < -0.3 is 14.6 Å². The number of carbonyl (C=O) groups excluding carboxylic acids is 1. The van der Waals surface area contributed by atoms with E-state index in [1.165, 1.54) is 23.2 Å². The number of carbonyl (C=O) groups is 2. The van der Waals surface area contributed by atoms with Gasteiger partial charge in [-0.05, 0) is 32.8 Å². The number of esters is 1. The highest BCUT2D eigenvalue weighted by atomic mass is 16.5. The van der Waals surface area contributed by atoms with Crippen LogP contribution in [-0.2, 0) is 9.53 Å². The first kappa shape index (κ1) is 18.7. The third kappa shape index (κ3) is 5.12. The minimum atomic E-state index is -1.06. The molecule has 128 valence electrons. The van der Waals surface area contributed by atoms with Gasteiger partial charge in [-0.2, -0.15) is 5.10 Å². The lowest BCUT2D eigenvalue weighted by molar-refractivity contribution is -0.144. The lowest BCUT2D eigenvalue weighted by atomic mass is 9.94. The summed E-state index contributed by atoms with van der Waals surface area (Å²) in [5.41, 5.74) is -0.851. The van der Waals surface area contributed by atoms with Gasteiger partial charge in [-0.1, -0.05) is 13.8 Å². The van der Waals surface area contributed by atoms with E-state index in [4.69, 9.17) is 14.6 Å². The third-order valence-electron chi connectivity index (χ3n) is 2.98. The van der Waals surface area contributed by atoms with Crippen LogP contribution in [0.5, 0.6) is 5.88 Å². The summed E-state index contributed by atoms with van der Waals surface area (Å²) in [5.74, 6) is -0.984. The summed E-state index contributed by atoms with van der Waals surface area (Å²) in [6.07, 6.45) is 4.32. The molecule has 0 unspecified atom stereocenters. The Kier molecular flexibility index (Phi) is 6.36. The number of ether oxygens (including phenoxy) is 2. The van der Waals surface area contributed by atoms with Crippen LogP contribution >= 0.6 is 0 Å². The van der Waals surface area contributed by atoms with Crippen molar-refractivity contribution in [3.8, 4) is 5.88 Å². The zero-order valence-electron chi connectivity index (χ0n) is 14.2. The second-order valence-corrected chi connectivity index (χ2v) is 6.08. The van der Waals surface area contributed by atoms with E-state index in [0.29, 0.717) is 6.61 Å². The van der Waals surface area contributed by atoms with Crippen LogP contribution in [-0.4, -0.2) is 40.0 Å². The smallest absolute Gasteiger partial charge is 0.345 e. The van der Waals surface area contributed by atoms with Gasteiger partial charge >= 0.3 is 11.9 Å². The first-order valence-corrected chi connectivity index (χ1v) is 7.49. The van der Waals surface area contributed by atoms with Crippen LogP contribution in [0.2, 0.25) is 0 Å². The molecule has 7 heteroatoms. The second-order valence-electron chi connectivity index (χ2n) is 6.08. The van der Waals surface area contributed by atoms with Crippen LogP contribution in [0, 0.1) is 11.3 Å². The van der Waals surface area contributed by atoms with E-state index in [1.807, 2.05) is 13.8 Å². The zero-order valence-corrected chi connectivity index (χ0v) is 14.2. The number of aliphatic carboxylic acids is 1. The second kappa shape index (κ2) is 7.80. The van der Waals surface area contributed by atoms with Gasteiger partial charge in [0.05, 0.1) is 24.8 Å². The number of nitrogens with zero attached hydrogens (tertiary/aromatic N) is 2.